The Morgan fingerprint density at radius 1 is 0.300 bits per heavy atom. The molecular weight excluding hydrogens is 733 g/mol. The summed E-state index contributed by atoms with van der Waals surface area (Å²) < 4.78 is 4.66. The van der Waals surface area contributed by atoms with Crippen molar-refractivity contribution in [3.05, 3.63) is 206 Å². The van der Waals surface area contributed by atoms with E-state index in [0.717, 1.165) is 77.6 Å². The molecule has 12 rings (SSSR count). The first-order chi connectivity index (χ1) is 29.7. The number of hydrogen-bond donors (Lipinski definition) is 0. The molecule has 0 saturated carbocycles. The Hall–Kier alpha value is -8.22. The maximum absolute atomic E-state index is 5.39. The number of pyridine rings is 1. The van der Waals surface area contributed by atoms with E-state index in [-0.39, 0.29) is 0 Å². The smallest absolute Gasteiger partial charge is 0.238 e. The fourth-order valence-electron chi connectivity index (χ4n) is 8.79. The van der Waals surface area contributed by atoms with Crippen molar-refractivity contribution in [2.75, 3.05) is 0 Å². The summed E-state index contributed by atoms with van der Waals surface area (Å²) in [4.78, 5) is 21.0. The molecule has 6 heteroatoms. The van der Waals surface area contributed by atoms with Gasteiger partial charge in [-0.2, -0.15) is 9.97 Å². The van der Waals surface area contributed by atoms with Gasteiger partial charge >= 0.3 is 0 Å². The molecule has 0 spiro atoms. The predicted molar refractivity (Wildman–Crippen MR) is 246 cm³/mol. The minimum atomic E-state index is 0.544. The molecule has 0 fully saturated rings. The summed E-state index contributed by atoms with van der Waals surface area (Å²) >= 11 is 0. The van der Waals surface area contributed by atoms with Crippen molar-refractivity contribution < 1.29 is 0 Å². The summed E-state index contributed by atoms with van der Waals surface area (Å²) in [6.45, 7) is 0. The van der Waals surface area contributed by atoms with Gasteiger partial charge < -0.3 is 4.57 Å². The van der Waals surface area contributed by atoms with E-state index in [1.807, 2.05) is 36.4 Å². The Labute approximate surface area is 345 Å². The Morgan fingerprint density at radius 2 is 0.833 bits per heavy atom. The summed E-state index contributed by atoms with van der Waals surface area (Å²) in [6, 6.07) is 72.0. The van der Waals surface area contributed by atoms with Crippen LogP contribution >= 0.6 is 0 Å². The van der Waals surface area contributed by atoms with Crippen molar-refractivity contribution in [2.24, 2.45) is 0 Å². The second-order valence-corrected chi connectivity index (χ2v) is 15.1. The predicted octanol–water partition coefficient (Wildman–Crippen LogP) is 13.3. The Kier molecular flexibility index (Phi) is 7.74. The van der Waals surface area contributed by atoms with Crippen molar-refractivity contribution in [3.8, 4) is 56.9 Å². The van der Waals surface area contributed by atoms with Crippen LogP contribution in [0.25, 0.3) is 111 Å². The van der Waals surface area contributed by atoms with E-state index in [1.165, 1.54) is 16.2 Å². The van der Waals surface area contributed by atoms with E-state index in [0.29, 0.717) is 17.6 Å². The van der Waals surface area contributed by atoms with E-state index in [2.05, 4.69) is 179 Å². The van der Waals surface area contributed by atoms with Crippen LogP contribution in [0, 0.1) is 0 Å². The van der Waals surface area contributed by atoms with Gasteiger partial charge in [-0.1, -0.05) is 164 Å². The SMILES string of the molecule is c1ccc(-c2cccc(-c3cccc(-c4nc(-c5ccccc5)nc(-n5c6ccccc6c6ccc7c8ccccc8n(-c8ccc9ccccc9c8)c7c65)n4)c3)n2)cc1. The lowest BCUT2D eigenvalue weighted by atomic mass is 10.1. The van der Waals surface area contributed by atoms with Crippen LogP contribution in [0.5, 0.6) is 0 Å². The fourth-order valence-corrected chi connectivity index (χ4v) is 8.79. The van der Waals surface area contributed by atoms with Crippen LogP contribution < -0.4 is 0 Å². The van der Waals surface area contributed by atoms with Gasteiger partial charge in [0.15, 0.2) is 11.6 Å². The molecule has 0 aliphatic carbocycles. The van der Waals surface area contributed by atoms with Crippen molar-refractivity contribution in [1.82, 2.24) is 29.1 Å². The molecule has 0 radical (unpaired) electrons. The van der Waals surface area contributed by atoms with Crippen molar-refractivity contribution in [2.45, 2.75) is 0 Å². The molecule has 0 unspecified atom stereocenters. The fraction of sp³-hybridized carbons (Fsp3) is 0. The zero-order valence-electron chi connectivity index (χ0n) is 32.3. The number of fused-ring (bicyclic) bond motifs is 8. The largest absolute Gasteiger partial charge is 0.307 e. The van der Waals surface area contributed by atoms with Gasteiger partial charge in [0, 0.05) is 49.5 Å². The highest BCUT2D eigenvalue weighted by molar-refractivity contribution is 6.23. The minimum Gasteiger partial charge on any atom is -0.307 e. The van der Waals surface area contributed by atoms with E-state index in [9.17, 15) is 0 Å². The highest BCUT2D eigenvalue weighted by Gasteiger charge is 2.23. The lowest BCUT2D eigenvalue weighted by Crippen LogP contribution is -2.07. The molecule has 0 N–H and O–H groups in total. The highest BCUT2D eigenvalue weighted by Crippen LogP contribution is 2.42. The van der Waals surface area contributed by atoms with E-state index in [1.54, 1.807) is 0 Å². The molecule has 0 amide bonds. The third kappa shape index (κ3) is 5.50. The monoisotopic (exact) mass is 766 g/mol. The van der Waals surface area contributed by atoms with Crippen molar-refractivity contribution >= 4 is 54.4 Å². The molecule has 4 aromatic heterocycles. The van der Waals surface area contributed by atoms with Crippen LogP contribution in [0.1, 0.15) is 0 Å². The molecule has 0 saturated heterocycles. The van der Waals surface area contributed by atoms with Gasteiger partial charge in [0.25, 0.3) is 0 Å². The van der Waals surface area contributed by atoms with Crippen molar-refractivity contribution in [3.63, 3.8) is 0 Å². The molecule has 280 valence electrons. The average Bonchev–Trinajstić information content (AvgIpc) is 3.85. The zero-order valence-corrected chi connectivity index (χ0v) is 32.3. The number of aromatic nitrogens is 6. The molecule has 6 nitrogen and oxygen atoms in total. The molecule has 0 atom stereocenters. The molecule has 4 heterocycles. The Balaban J connectivity index is 1.14. The Bertz CT molecular complexity index is 3600. The lowest BCUT2D eigenvalue weighted by molar-refractivity contribution is 0.953. The molecule has 0 aliphatic rings. The van der Waals surface area contributed by atoms with E-state index >= 15 is 0 Å². The highest BCUT2D eigenvalue weighted by atomic mass is 15.2. The van der Waals surface area contributed by atoms with Crippen LogP contribution in [-0.4, -0.2) is 29.1 Å². The van der Waals surface area contributed by atoms with E-state index < -0.39 is 0 Å². The van der Waals surface area contributed by atoms with Gasteiger partial charge in [-0.25, -0.2) is 9.97 Å². The lowest BCUT2D eigenvalue weighted by Gasteiger charge is -2.14. The zero-order chi connectivity index (χ0) is 39.6. The van der Waals surface area contributed by atoms with Crippen LogP contribution in [0.15, 0.2) is 206 Å². The number of rotatable bonds is 6. The summed E-state index contributed by atoms with van der Waals surface area (Å²) in [5.41, 5.74) is 11.0. The summed E-state index contributed by atoms with van der Waals surface area (Å²) in [5.74, 6) is 1.72. The second kappa shape index (κ2) is 13.7. The first-order valence-electron chi connectivity index (χ1n) is 20.1. The van der Waals surface area contributed by atoms with Gasteiger partial charge in [0.1, 0.15) is 0 Å². The number of benzene rings is 8. The van der Waals surface area contributed by atoms with Gasteiger partial charge in [-0.3, -0.25) is 4.57 Å². The minimum absolute atomic E-state index is 0.544. The maximum Gasteiger partial charge on any atom is 0.238 e. The van der Waals surface area contributed by atoms with Crippen molar-refractivity contribution in [1.29, 1.82) is 0 Å². The first kappa shape index (κ1) is 33.9. The molecule has 0 aliphatic heterocycles. The third-order valence-electron chi connectivity index (χ3n) is 11.6. The summed E-state index contributed by atoms with van der Waals surface area (Å²) in [5, 5.41) is 6.98. The van der Waals surface area contributed by atoms with Crippen LogP contribution in [0.2, 0.25) is 0 Å². The number of hydrogen-bond acceptors (Lipinski definition) is 4. The second-order valence-electron chi connectivity index (χ2n) is 15.1. The molecule has 60 heavy (non-hydrogen) atoms. The molecule has 12 aromatic rings. The van der Waals surface area contributed by atoms with Crippen LogP contribution in [-0.2, 0) is 0 Å². The Morgan fingerprint density at radius 3 is 1.57 bits per heavy atom. The van der Waals surface area contributed by atoms with Gasteiger partial charge in [0.05, 0.1) is 33.5 Å². The maximum atomic E-state index is 5.39. The van der Waals surface area contributed by atoms with E-state index in [4.69, 9.17) is 19.9 Å². The number of nitrogens with zero attached hydrogens (tertiary/aromatic N) is 6. The molecular formula is C54H34N6. The topological polar surface area (TPSA) is 61.4 Å². The molecule has 0 bridgehead atoms. The summed E-state index contributed by atoms with van der Waals surface area (Å²) in [6.07, 6.45) is 0. The molecule has 8 aromatic carbocycles. The standard InChI is InChI=1S/C54H34N6/c1-3-16-36(17-4-1)46-25-14-26-47(55-46)39-21-13-22-40(33-39)53-56-52(37-18-5-2-6-19-37)57-54(58-53)60-49-28-12-10-24-43(49)45-32-31-44-42-23-9-11-27-48(42)59(50(44)51(45)60)41-30-29-35-15-7-8-20-38(35)34-41/h1-34H. The summed E-state index contributed by atoms with van der Waals surface area (Å²) in [7, 11) is 0. The third-order valence-corrected chi connectivity index (χ3v) is 11.6. The number of para-hydroxylation sites is 2. The average molecular weight is 767 g/mol. The normalized spacial score (nSPS) is 11.7. The van der Waals surface area contributed by atoms with Crippen LogP contribution in [0.4, 0.5) is 0 Å². The van der Waals surface area contributed by atoms with Gasteiger partial charge in [-0.15, -0.1) is 0 Å². The quantitative estimate of drug-likeness (QED) is 0.169. The first-order valence-corrected chi connectivity index (χ1v) is 20.1. The van der Waals surface area contributed by atoms with Gasteiger partial charge in [-0.05, 0) is 53.2 Å². The van der Waals surface area contributed by atoms with Crippen LogP contribution in [0.3, 0.4) is 0 Å². The van der Waals surface area contributed by atoms with Gasteiger partial charge in [0.2, 0.25) is 5.95 Å².